The van der Waals surface area contributed by atoms with E-state index in [9.17, 15) is 0 Å². The predicted molar refractivity (Wildman–Crippen MR) is 66.3 cm³/mol. The predicted octanol–water partition coefficient (Wildman–Crippen LogP) is 3.19. The number of nitrogens with one attached hydrogen (secondary N) is 1. The maximum absolute atomic E-state index is 3.59. The third kappa shape index (κ3) is 1.46. The molecule has 1 fully saturated rings. The topological polar surface area (TPSA) is 12.0 Å². The van der Waals surface area contributed by atoms with Gasteiger partial charge in [0.2, 0.25) is 0 Å². The Morgan fingerprint density at radius 1 is 1.47 bits per heavy atom. The highest BCUT2D eigenvalue weighted by Crippen LogP contribution is 2.60. The van der Waals surface area contributed by atoms with Gasteiger partial charge in [-0.2, -0.15) is 0 Å². The van der Waals surface area contributed by atoms with E-state index < -0.39 is 0 Å². The van der Waals surface area contributed by atoms with Crippen molar-refractivity contribution in [3.05, 3.63) is 33.8 Å². The first-order chi connectivity index (χ1) is 7.25. The second-order valence-corrected chi connectivity index (χ2v) is 5.89. The summed E-state index contributed by atoms with van der Waals surface area (Å²) in [6.07, 6.45) is 4.16. The van der Waals surface area contributed by atoms with Gasteiger partial charge < -0.3 is 5.32 Å². The van der Waals surface area contributed by atoms with Crippen LogP contribution in [0.5, 0.6) is 0 Å². The van der Waals surface area contributed by atoms with Gasteiger partial charge in [0.1, 0.15) is 0 Å². The van der Waals surface area contributed by atoms with Gasteiger partial charge in [-0.05, 0) is 60.9 Å². The quantitative estimate of drug-likeness (QED) is 0.866. The lowest BCUT2D eigenvalue weighted by Gasteiger charge is -2.10. The number of benzene rings is 1. The summed E-state index contributed by atoms with van der Waals surface area (Å²) < 4.78 is 1.23. The van der Waals surface area contributed by atoms with Gasteiger partial charge in [0.25, 0.3) is 0 Å². The Bertz CT molecular complexity index is 396. The molecule has 1 aromatic carbocycles. The van der Waals surface area contributed by atoms with Crippen LogP contribution in [0.15, 0.2) is 22.7 Å². The lowest BCUT2D eigenvalue weighted by Crippen LogP contribution is -2.15. The van der Waals surface area contributed by atoms with Crippen molar-refractivity contribution >= 4 is 15.9 Å². The fourth-order valence-electron chi connectivity index (χ4n) is 3.09. The van der Waals surface area contributed by atoms with Gasteiger partial charge in [0, 0.05) is 11.0 Å². The summed E-state index contributed by atoms with van der Waals surface area (Å²) in [5.74, 6) is 0.737. The average molecular weight is 266 g/mol. The van der Waals surface area contributed by atoms with E-state index in [0.29, 0.717) is 5.41 Å². The lowest BCUT2D eigenvalue weighted by molar-refractivity contribution is 0.555. The van der Waals surface area contributed by atoms with Gasteiger partial charge in [-0.1, -0.05) is 22.0 Å². The monoisotopic (exact) mass is 265 g/mol. The van der Waals surface area contributed by atoms with E-state index in [4.69, 9.17) is 0 Å². The molecule has 0 aromatic heterocycles. The standard InChI is InChI=1S/C13H16BrN/c1-15-8-9-7-13(4-5-13)12-6-10(14)2-3-11(9)12/h2-3,6,9,15H,4-5,7-8H2,1H3. The molecule has 0 heterocycles. The average Bonchev–Trinajstić information content (AvgIpc) is 2.92. The lowest BCUT2D eigenvalue weighted by atomic mass is 9.98. The van der Waals surface area contributed by atoms with E-state index in [0.717, 1.165) is 12.5 Å². The summed E-state index contributed by atoms with van der Waals surface area (Å²) in [5, 5.41) is 3.32. The van der Waals surface area contributed by atoms with Gasteiger partial charge in [0.15, 0.2) is 0 Å². The molecule has 1 atom stereocenters. The molecule has 15 heavy (non-hydrogen) atoms. The number of halogens is 1. The summed E-state index contributed by atoms with van der Waals surface area (Å²) in [7, 11) is 2.05. The number of hydrogen-bond donors (Lipinski definition) is 1. The van der Waals surface area contributed by atoms with Crippen LogP contribution in [0.4, 0.5) is 0 Å². The number of hydrogen-bond acceptors (Lipinski definition) is 1. The Hall–Kier alpha value is -0.340. The zero-order valence-corrected chi connectivity index (χ0v) is 10.6. The van der Waals surface area contributed by atoms with Gasteiger partial charge >= 0.3 is 0 Å². The first-order valence-corrected chi connectivity index (χ1v) is 6.49. The van der Waals surface area contributed by atoms with Gasteiger partial charge in [0.05, 0.1) is 0 Å². The van der Waals surface area contributed by atoms with Crippen molar-refractivity contribution in [3.8, 4) is 0 Å². The summed E-state index contributed by atoms with van der Waals surface area (Å²) in [4.78, 5) is 0. The Balaban J connectivity index is 2.04. The smallest absolute Gasteiger partial charge is 0.0178 e. The molecule has 0 saturated heterocycles. The molecule has 1 saturated carbocycles. The molecule has 0 bridgehead atoms. The first-order valence-electron chi connectivity index (χ1n) is 5.70. The highest BCUT2D eigenvalue weighted by atomic mass is 79.9. The van der Waals surface area contributed by atoms with E-state index in [1.54, 1.807) is 11.1 Å². The Kier molecular flexibility index (Phi) is 2.18. The summed E-state index contributed by atoms with van der Waals surface area (Å²) in [5.41, 5.74) is 3.78. The fourth-order valence-corrected chi connectivity index (χ4v) is 3.45. The van der Waals surface area contributed by atoms with E-state index in [2.05, 4.69) is 46.5 Å². The van der Waals surface area contributed by atoms with Crippen LogP contribution >= 0.6 is 15.9 Å². The normalized spacial score (nSPS) is 25.6. The number of likely N-dealkylation sites (N-methyl/N-ethyl adjacent to an activating group) is 1. The van der Waals surface area contributed by atoms with Crippen molar-refractivity contribution in [2.45, 2.75) is 30.6 Å². The van der Waals surface area contributed by atoms with Crippen LogP contribution in [0, 0.1) is 0 Å². The van der Waals surface area contributed by atoms with Crippen molar-refractivity contribution in [3.63, 3.8) is 0 Å². The van der Waals surface area contributed by atoms with Crippen LogP contribution in [0.25, 0.3) is 0 Å². The van der Waals surface area contributed by atoms with Crippen molar-refractivity contribution in [2.24, 2.45) is 0 Å². The third-order valence-electron chi connectivity index (χ3n) is 3.97. The molecular weight excluding hydrogens is 250 g/mol. The molecule has 1 aromatic rings. The van der Waals surface area contributed by atoms with Crippen molar-refractivity contribution in [1.82, 2.24) is 5.32 Å². The summed E-state index contributed by atoms with van der Waals surface area (Å²) in [6.45, 7) is 1.12. The molecule has 0 aliphatic heterocycles. The fraction of sp³-hybridized carbons (Fsp3) is 0.538. The summed E-state index contributed by atoms with van der Waals surface area (Å²) >= 11 is 3.59. The maximum atomic E-state index is 3.59. The molecule has 0 amide bonds. The van der Waals surface area contributed by atoms with E-state index >= 15 is 0 Å². The zero-order chi connectivity index (χ0) is 10.5. The van der Waals surface area contributed by atoms with E-state index in [1.165, 1.54) is 23.7 Å². The minimum absolute atomic E-state index is 0.570. The van der Waals surface area contributed by atoms with Gasteiger partial charge in [-0.3, -0.25) is 0 Å². The van der Waals surface area contributed by atoms with Crippen LogP contribution < -0.4 is 5.32 Å². The molecule has 3 rings (SSSR count). The molecule has 2 heteroatoms. The minimum Gasteiger partial charge on any atom is -0.319 e. The third-order valence-corrected chi connectivity index (χ3v) is 4.46. The van der Waals surface area contributed by atoms with Crippen molar-refractivity contribution in [2.75, 3.05) is 13.6 Å². The number of fused-ring (bicyclic) bond motifs is 2. The van der Waals surface area contributed by atoms with Crippen molar-refractivity contribution < 1.29 is 0 Å². The second kappa shape index (κ2) is 3.33. The molecule has 2 aliphatic carbocycles. The van der Waals surface area contributed by atoms with Crippen LogP contribution in [-0.4, -0.2) is 13.6 Å². The largest absolute Gasteiger partial charge is 0.319 e. The van der Waals surface area contributed by atoms with E-state index in [1.807, 2.05) is 0 Å². The SMILES string of the molecule is CNCC1CC2(CC2)c2cc(Br)ccc21. The molecule has 80 valence electrons. The minimum atomic E-state index is 0.570. The molecular formula is C13H16BrN. The van der Waals surface area contributed by atoms with E-state index in [-0.39, 0.29) is 0 Å². The Morgan fingerprint density at radius 2 is 2.27 bits per heavy atom. The molecule has 1 unspecified atom stereocenters. The highest BCUT2D eigenvalue weighted by Gasteiger charge is 2.51. The van der Waals surface area contributed by atoms with Crippen LogP contribution in [0.1, 0.15) is 36.3 Å². The molecule has 2 aliphatic rings. The Labute approximate surface area is 99.4 Å². The molecule has 1 spiro atoms. The molecule has 1 nitrogen and oxygen atoms in total. The van der Waals surface area contributed by atoms with Crippen LogP contribution in [0.3, 0.4) is 0 Å². The summed E-state index contributed by atoms with van der Waals surface area (Å²) in [6, 6.07) is 6.84. The van der Waals surface area contributed by atoms with Crippen LogP contribution in [-0.2, 0) is 5.41 Å². The zero-order valence-electron chi connectivity index (χ0n) is 9.02. The molecule has 0 radical (unpaired) electrons. The highest BCUT2D eigenvalue weighted by molar-refractivity contribution is 9.10. The second-order valence-electron chi connectivity index (χ2n) is 4.97. The Morgan fingerprint density at radius 3 is 2.93 bits per heavy atom. The van der Waals surface area contributed by atoms with Crippen molar-refractivity contribution in [1.29, 1.82) is 0 Å². The van der Waals surface area contributed by atoms with Gasteiger partial charge in [-0.15, -0.1) is 0 Å². The number of rotatable bonds is 2. The van der Waals surface area contributed by atoms with Crippen LogP contribution in [0.2, 0.25) is 0 Å². The van der Waals surface area contributed by atoms with Gasteiger partial charge in [-0.25, -0.2) is 0 Å². The first kappa shape index (κ1) is 9.86. The molecule has 1 N–H and O–H groups in total. The maximum Gasteiger partial charge on any atom is 0.0178 e.